The van der Waals surface area contributed by atoms with E-state index in [-0.39, 0.29) is 61.9 Å². The molecule has 0 heterocycles. The van der Waals surface area contributed by atoms with Crippen LogP contribution < -0.4 is 21.3 Å². The molecule has 0 bridgehead atoms. The van der Waals surface area contributed by atoms with Gasteiger partial charge in [-0.25, -0.2) is 51.5 Å². The van der Waals surface area contributed by atoms with Crippen molar-refractivity contribution in [2.75, 3.05) is 25.3 Å². The fourth-order valence-electron chi connectivity index (χ4n) is 8.05. The average Bonchev–Trinajstić information content (AvgIpc) is 1.62. The molecule has 6 N–H and O–H groups in total. The van der Waals surface area contributed by atoms with Gasteiger partial charge in [-0.05, 0) is 138 Å². The van der Waals surface area contributed by atoms with Crippen molar-refractivity contribution in [2.45, 2.75) is 128 Å². The molecule has 92 heavy (non-hydrogen) atoms. The van der Waals surface area contributed by atoms with E-state index in [4.69, 9.17) is 93.7 Å². The summed E-state index contributed by atoms with van der Waals surface area (Å²) in [5, 5.41) is 26.9. The number of carbonyl (C=O) groups excluding carboxylic acids is 6. The van der Waals surface area contributed by atoms with Crippen molar-refractivity contribution >= 4 is 140 Å². The summed E-state index contributed by atoms with van der Waals surface area (Å²) < 4.78 is 70.5. The second kappa shape index (κ2) is 36.1. The Kier molecular flexibility index (Phi) is 31.2. The summed E-state index contributed by atoms with van der Waals surface area (Å²) in [5.41, 5.74) is 3.44. The molecule has 0 saturated heterocycles. The van der Waals surface area contributed by atoms with Crippen molar-refractivity contribution in [2.24, 2.45) is 0 Å². The summed E-state index contributed by atoms with van der Waals surface area (Å²) in [6, 6.07) is 19.3. The van der Waals surface area contributed by atoms with E-state index < -0.39 is 107 Å². The number of alkyl halides is 1. The molecule has 0 aliphatic heterocycles. The molecule has 6 rings (SSSR count). The highest BCUT2D eigenvalue weighted by Gasteiger charge is 2.32. The van der Waals surface area contributed by atoms with Crippen LogP contribution in [0, 0.1) is 17.5 Å². The predicted octanol–water partition coefficient (Wildman–Crippen LogP) is 14.5. The number of esters is 2. The monoisotopic (exact) mass is 1520 g/mol. The number of carboxylic acid groups (broad SMARTS) is 2. The largest absolute Gasteiger partial charge is 0.480 e. The molecular weight excluding hydrogens is 1450 g/mol. The van der Waals surface area contributed by atoms with Gasteiger partial charge in [0.25, 0.3) is 0 Å². The highest BCUT2D eigenvalue weighted by atomic mass is 127. The molecule has 20 nitrogen and oxygen atoms in total. The van der Waals surface area contributed by atoms with Crippen molar-refractivity contribution in [1.82, 2.24) is 21.3 Å². The molecule has 1 aliphatic carbocycles. The Morgan fingerprint density at radius 3 is 1.03 bits per heavy atom. The molecule has 0 aromatic heterocycles. The summed E-state index contributed by atoms with van der Waals surface area (Å²) in [4.78, 5) is 93.0. The zero-order chi connectivity index (χ0) is 69.7. The summed E-state index contributed by atoms with van der Waals surface area (Å²) in [6.45, 7) is 15.4. The number of ether oxygens (including phenoxy) is 6. The first kappa shape index (κ1) is 79.6. The van der Waals surface area contributed by atoms with Gasteiger partial charge >= 0.3 is 48.3 Å². The second-order valence-corrected chi connectivity index (χ2v) is 26.1. The van der Waals surface area contributed by atoms with Crippen LogP contribution in [-0.4, -0.2) is 125 Å². The van der Waals surface area contributed by atoms with Gasteiger partial charge in [-0.2, -0.15) is 0 Å². The number of methoxy groups -OCH3 is 2. The van der Waals surface area contributed by atoms with Crippen molar-refractivity contribution in [3.8, 4) is 11.1 Å². The second-order valence-electron chi connectivity index (χ2n) is 22.7. The van der Waals surface area contributed by atoms with E-state index in [9.17, 15) is 56.6 Å². The van der Waals surface area contributed by atoms with Crippen molar-refractivity contribution < 1.29 is 90.2 Å². The molecule has 4 amide bonds. The van der Waals surface area contributed by atoms with E-state index in [1.807, 2.05) is 71.1 Å². The lowest BCUT2D eigenvalue weighted by Crippen LogP contribution is -2.45. The highest BCUT2D eigenvalue weighted by molar-refractivity contribution is 14.1. The van der Waals surface area contributed by atoms with Crippen molar-refractivity contribution in [3.05, 3.63) is 160 Å². The molecule has 502 valence electrons. The van der Waals surface area contributed by atoms with Gasteiger partial charge in [-0.15, -0.1) is 0 Å². The lowest BCUT2D eigenvalue weighted by molar-refractivity contribution is -0.143. The molecule has 1 aliphatic rings. The molecular formula is C62H68Cl6F3IN4O16. The quantitative estimate of drug-likeness (QED) is 0.0166. The first-order valence-corrected chi connectivity index (χ1v) is 31.1. The van der Waals surface area contributed by atoms with E-state index >= 15 is 0 Å². The summed E-state index contributed by atoms with van der Waals surface area (Å²) in [5.74, 6) is -6.13. The zero-order valence-electron chi connectivity index (χ0n) is 51.4. The van der Waals surface area contributed by atoms with Gasteiger partial charge in [-0.1, -0.05) is 141 Å². The number of carboxylic acids is 2. The molecule has 0 fully saturated rings. The van der Waals surface area contributed by atoms with Gasteiger partial charge in [0.1, 0.15) is 47.6 Å². The van der Waals surface area contributed by atoms with Crippen LogP contribution in [0.5, 0.6) is 0 Å². The Balaban J connectivity index is 0.000000332. The Bertz CT molecular complexity index is 3350. The van der Waals surface area contributed by atoms with Gasteiger partial charge in [-0.3, -0.25) is 0 Å². The van der Waals surface area contributed by atoms with E-state index in [1.54, 1.807) is 62.3 Å². The zero-order valence-corrected chi connectivity index (χ0v) is 58.1. The Hall–Kier alpha value is -6.68. The number of nitrogens with one attached hydrogen (secondary N) is 4. The first-order valence-electron chi connectivity index (χ1n) is 27.3. The van der Waals surface area contributed by atoms with Crippen LogP contribution in [0.25, 0.3) is 11.1 Å². The van der Waals surface area contributed by atoms with Crippen LogP contribution in [0.1, 0.15) is 96.0 Å². The van der Waals surface area contributed by atoms with Crippen LogP contribution in [-0.2, 0) is 66.9 Å². The summed E-state index contributed by atoms with van der Waals surface area (Å²) in [7, 11) is 2.47. The van der Waals surface area contributed by atoms with Crippen LogP contribution in [0.3, 0.4) is 0 Å². The van der Waals surface area contributed by atoms with Crippen LogP contribution in [0.15, 0.2) is 84.9 Å². The number of aliphatic carboxylic acids is 2. The highest BCUT2D eigenvalue weighted by Crippen LogP contribution is 2.44. The molecule has 0 saturated carbocycles. The third-order valence-corrected chi connectivity index (χ3v) is 14.4. The number of benzene rings is 5. The number of halogens is 10. The number of fused-ring (bicyclic) bond motifs is 3. The molecule has 30 heteroatoms. The van der Waals surface area contributed by atoms with Gasteiger partial charge in [0.15, 0.2) is 17.5 Å². The smallest absolute Gasteiger partial charge is 0.408 e. The summed E-state index contributed by atoms with van der Waals surface area (Å²) in [6.07, 6.45) is -3.35. The maximum atomic E-state index is 13.6. The maximum absolute atomic E-state index is 13.6. The number of amides is 4. The van der Waals surface area contributed by atoms with Gasteiger partial charge < -0.3 is 59.9 Å². The lowest BCUT2D eigenvalue weighted by Gasteiger charge is -2.22. The van der Waals surface area contributed by atoms with E-state index in [1.165, 1.54) is 50.6 Å². The molecule has 5 aromatic rings. The van der Waals surface area contributed by atoms with E-state index in [2.05, 4.69) is 30.7 Å². The standard InChI is InChI=1S/C24H18Cl2FNO4.C15H18Cl2FNO4.C14H16Cl2FNO4.C9H16INO4/c25-19-9-13(10-20(26)22(19)27)11-21(23(29)30)28-24(31)32-12-18-16-7-3-1-5-14(16)15-6-2-4-8-17(15)18;1-15(2,3)23-14(21)19-11(13(20)22-4)7-8-5-9(16)12(18)10(17)6-8;1-14(2,3)22-13(21)18-10(12(19)20)6-7-4-8(15)11(17)9(16)5-7;1-9(2,3)15-8(13)11-6(5-10)7(12)14-4/h1-10,18,21H,11-12H2,(H,28,31)(H,29,30);5-6,11H,7H2,1-4H3,(H,19,21);4-5,10H,6H2,1-3H3,(H,18,21)(H,19,20);6H,5H2,1-4H3,(H,11,13)/t21-;11-;10-;6-/m0000/s1. The fourth-order valence-corrected chi connectivity index (χ4v) is 10.2. The Morgan fingerprint density at radius 2 is 0.739 bits per heavy atom. The fraction of sp³-hybridized carbons (Fsp3) is 0.387. The molecule has 0 radical (unpaired) electrons. The molecule has 4 atom stereocenters. The number of alkyl carbamates (subject to hydrolysis) is 4. The summed E-state index contributed by atoms with van der Waals surface area (Å²) >= 11 is 36.3. The van der Waals surface area contributed by atoms with Gasteiger partial charge in [0.05, 0.1) is 44.4 Å². The van der Waals surface area contributed by atoms with Crippen LogP contribution in [0.2, 0.25) is 30.1 Å². The first-order chi connectivity index (χ1) is 42.7. The molecule has 0 unspecified atom stereocenters. The van der Waals surface area contributed by atoms with E-state index in [0.717, 1.165) is 22.3 Å². The Morgan fingerprint density at radius 1 is 0.467 bits per heavy atom. The predicted molar refractivity (Wildman–Crippen MR) is 350 cm³/mol. The number of rotatable bonds is 17. The normalized spacial score (nSPS) is 12.8. The molecule has 5 aromatic carbocycles. The number of hydrogen-bond donors (Lipinski definition) is 6. The lowest BCUT2D eigenvalue weighted by atomic mass is 9.98. The number of hydrogen-bond acceptors (Lipinski definition) is 14. The average molecular weight is 1520 g/mol. The Labute approximate surface area is 573 Å². The number of carbonyl (C=O) groups is 8. The minimum Gasteiger partial charge on any atom is -0.480 e. The van der Waals surface area contributed by atoms with Crippen molar-refractivity contribution in [1.29, 1.82) is 0 Å². The SMILES string of the molecule is CC(C)(C)OC(=O)N[C@@H](Cc1cc(Cl)c(F)c(Cl)c1)C(=O)O.COC(=O)[C@H](CI)NC(=O)OC(C)(C)C.COC(=O)[C@H](Cc1cc(Cl)c(F)c(Cl)c1)NC(=O)OC(C)(C)C.O=C(N[C@@H](Cc1cc(Cl)c(F)c(Cl)c1)C(=O)O)OCC1c2ccccc2-c2ccccc21. The van der Waals surface area contributed by atoms with Crippen LogP contribution in [0.4, 0.5) is 32.3 Å². The third kappa shape index (κ3) is 26.7. The van der Waals surface area contributed by atoms with Gasteiger partial charge in [0, 0.05) is 29.6 Å². The third-order valence-electron chi connectivity index (χ3n) is 11.9. The van der Waals surface area contributed by atoms with Crippen molar-refractivity contribution in [3.63, 3.8) is 0 Å². The minimum absolute atomic E-state index is 0.0195. The maximum Gasteiger partial charge on any atom is 0.408 e. The van der Waals surface area contributed by atoms with Gasteiger partial charge in [0.2, 0.25) is 0 Å². The molecule has 0 spiro atoms. The topological polar surface area (TPSA) is 281 Å². The van der Waals surface area contributed by atoms with E-state index in [0.29, 0.717) is 21.1 Å². The minimum atomic E-state index is -1.30. The van der Waals surface area contributed by atoms with Crippen LogP contribution >= 0.6 is 92.2 Å².